The van der Waals surface area contributed by atoms with E-state index in [0.29, 0.717) is 24.4 Å². The van der Waals surface area contributed by atoms with Crippen molar-refractivity contribution in [3.05, 3.63) is 35.4 Å². The lowest BCUT2D eigenvalue weighted by molar-refractivity contribution is 0.0119. The van der Waals surface area contributed by atoms with Gasteiger partial charge in [-0.25, -0.2) is 4.79 Å². The first kappa shape index (κ1) is 16.9. The second-order valence-electron chi connectivity index (χ2n) is 8.66. The van der Waals surface area contributed by atoms with Crippen LogP contribution in [0.1, 0.15) is 37.8 Å². The molecule has 2 aliphatic carbocycles. The fourth-order valence-corrected chi connectivity index (χ4v) is 4.80. The summed E-state index contributed by atoms with van der Waals surface area (Å²) in [5, 5.41) is 13.3. The van der Waals surface area contributed by atoms with Crippen molar-refractivity contribution in [2.24, 2.45) is 5.92 Å². The molecule has 1 aromatic carbocycles. The van der Waals surface area contributed by atoms with Crippen molar-refractivity contribution < 1.29 is 9.90 Å². The van der Waals surface area contributed by atoms with E-state index in [1.807, 2.05) is 18.7 Å². The number of hydrogen-bond donors (Lipinski definition) is 2. The maximum atomic E-state index is 12.7. The summed E-state index contributed by atoms with van der Waals surface area (Å²) in [6.07, 6.45) is 1.10. The highest BCUT2D eigenvalue weighted by Gasteiger charge is 2.56. The second kappa shape index (κ2) is 5.99. The Hall–Kier alpha value is -1.59. The van der Waals surface area contributed by atoms with Gasteiger partial charge in [0.25, 0.3) is 0 Å². The largest absolute Gasteiger partial charge is 0.389 e. The Morgan fingerprint density at radius 3 is 2.80 bits per heavy atom. The number of carbonyl (C=O) groups excluding carboxylic acids is 1. The summed E-state index contributed by atoms with van der Waals surface area (Å²) in [5.74, 6) is 1.11. The minimum Gasteiger partial charge on any atom is -0.389 e. The number of nitrogens with zero attached hydrogens (tertiary/aromatic N) is 2. The Bertz CT molecular complexity index is 669. The number of piperazine rings is 1. The van der Waals surface area contributed by atoms with Crippen LogP contribution in [0.15, 0.2) is 24.3 Å². The predicted molar refractivity (Wildman–Crippen MR) is 97.6 cm³/mol. The van der Waals surface area contributed by atoms with Crippen LogP contribution < -0.4 is 5.32 Å². The van der Waals surface area contributed by atoms with Crippen LogP contribution in [0.5, 0.6) is 0 Å². The fourth-order valence-electron chi connectivity index (χ4n) is 4.80. The minimum absolute atomic E-state index is 0.0762. The zero-order chi connectivity index (χ0) is 17.8. The molecule has 2 fully saturated rings. The molecule has 0 unspecified atom stereocenters. The molecule has 1 aliphatic heterocycles. The van der Waals surface area contributed by atoms with E-state index < -0.39 is 5.60 Å². The van der Waals surface area contributed by atoms with Gasteiger partial charge in [0.1, 0.15) is 0 Å². The standard InChI is InChI=1S/C20H29N3O2/c1-13-11-22(12-20(2,3)25)8-9-23(13)19(24)21-18-16-10-14-6-4-5-7-15(14)17(16)18/h4-7,13,16-18,25H,8-12H2,1-3H3,(H,21,24)/t13-,16+,17+,18-/m1/s1. The van der Waals surface area contributed by atoms with Gasteiger partial charge in [0.05, 0.1) is 5.60 Å². The average Bonchev–Trinajstić information content (AvgIpc) is 3.02. The molecule has 1 saturated carbocycles. The second-order valence-corrected chi connectivity index (χ2v) is 8.66. The Balaban J connectivity index is 1.32. The number of aliphatic hydroxyl groups is 1. The molecule has 25 heavy (non-hydrogen) atoms. The van der Waals surface area contributed by atoms with Gasteiger partial charge >= 0.3 is 6.03 Å². The van der Waals surface area contributed by atoms with Crippen molar-refractivity contribution in [1.29, 1.82) is 0 Å². The van der Waals surface area contributed by atoms with Crippen LogP contribution in [0.2, 0.25) is 0 Å². The summed E-state index contributed by atoms with van der Waals surface area (Å²) in [4.78, 5) is 16.9. The van der Waals surface area contributed by atoms with Gasteiger partial charge in [-0.15, -0.1) is 0 Å². The van der Waals surface area contributed by atoms with Crippen molar-refractivity contribution in [3.8, 4) is 0 Å². The van der Waals surface area contributed by atoms with E-state index in [2.05, 4.69) is 41.4 Å². The number of β-amino-alcohol motifs (C(OH)–C–C–N with tert-alkyl or cyclic N) is 1. The van der Waals surface area contributed by atoms with E-state index in [1.165, 1.54) is 11.1 Å². The molecule has 0 spiro atoms. The van der Waals surface area contributed by atoms with E-state index in [4.69, 9.17) is 0 Å². The molecule has 1 saturated heterocycles. The predicted octanol–water partition coefficient (Wildman–Crippen LogP) is 1.81. The third-order valence-corrected chi connectivity index (χ3v) is 5.91. The van der Waals surface area contributed by atoms with E-state index >= 15 is 0 Å². The number of hydrogen-bond acceptors (Lipinski definition) is 3. The Labute approximate surface area is 150 Å². The lowest BCUT2D eigenvalue weighted by Crippen LogP contribution is -2.58. The van der Waals surface area contributed by atoms with E-state index in [9.17, 15) is 9.90 Å². The SMILES string of the molecule is C[C@@H]1CN(CC(C)(C)O)CCN1C(=O)N[C@@H]1[C@H]2Cc3ccccc3[C@@H]21. The summed E-state index contributed by atoms with van der Waals surface area (Å²) < 4.78 is 0. The molecule has 5 heteroatoms. The van der Waals surface area contributed by atoms with Gasteiger partial charge in [0, 0.05) is 44.2 Å². The van der Waals surface area contributed by atoms with E-state index in [0.717, 1.165) is 26.1 Å². The third kappa shape index (κ3) is 3.27. The van der Waals surface area contributed by atoms with Gasteiger partial charge in [0.15, 0.2) is 0 Å². The molecule has 0 radical (unpaired) electrons. The topological polar surface area (TPSA) is 55.8 Å². The molecular weight excluding hydrogens is 314 g/mol. The Kier molecular flexibility index (Phi) is 4.04. The first-order chi connectivity index (χ1) is 11.8. The van der Waals surface area contributed by atoms with Crippen LogP contribution in [-0.4, -0.2) is 64.8 Å². The quantitative estimate of drug-likeness (QED) is 0.880. The first-order valence-electron chi connectivity index (χ1n) is 9.43. The number of benzene rings is 1. The highest BCUT2D eigenvalue weighted by Crippen LogP contribution is 2.56. The van der Waals surface area contributed by atoms with E-state index in [-0.39, 0.29) is 12.1 Å². The lowest BCUT2D eigenvalue weighted by atomic mass is 10.1. The number of fused-ring (bicyclic) bond motifs is 3. The number of rotatable bonds is 3. The zero-order valence-electron chi connectivity index (χ0n) is 15.4. The molecule has 5 nitrogen and oxygen atoms in total. The lowest BCUT2D eigenvalue weighted by Gasteiger charge is -2.41. The monoisotopic (exact) mass is 343 g/mol. The molecule has 1 heterocycles. The normalized spacial score (nSPS) is 31.4. The number of nitrogens with one attached hydrogen (secondary N) is 1. The molecule has 1 aromatic rings. The number of carbonyl (C=O) groups is 1. The van der Waals surface area contributed by atoms with Crippen molar-refractivity contribution in [3.63, 3.8) is 0 Å². The molecule has 136 valence electrons. The summed E-state index contributed by atoms with van der Waals surface area (Å²) in [7, 11) is 0. The smallest absolute Gasteiger partial charge is 0.317 e. The van der Waals surface area contributed by atoms with Gasteiger partial charge in [0.2, 0.25) is 0 Å². The average molecular weight is 343 g/mol. The molecular formula is C20H29N3O2. The van der Waals surface area contributed by atoms with Crippen molar-refractivity contribution >= 4 is 6.03 Å². The molecule has 0 bridgehead atoms. The summed E-state index contributed by atoms with van der Waals surface area (Å²) in [5.41, 5.74) is 2.20. The zero-order valence-corrected chi connectivity index (χ0v) is 15.4. The van der Waals surface area contributed by atoms with Crippen LogP contribution in [0, 0.1) is 5.92 Å². The van der Waals surface area contributed by atoms with Crippen molar-refractivity contribution in [2.45, 2.75) is 50.8 Å². The molecule has 4 rings (SSSR count). The van der Waals surface area contributed by atoms with Crippen LogP contribution in [0.4, 0.5) is 4.79 Å². The summed E-state index contributed by atoms with van der Waals surface area (Å²) in [6, 6.07) is 9.18. The molecule has 4 atom stereocenters. The third-order valence-electron chi connectivity index (χ3n) is 5.91. The summed E-state index contributed by atoms with van der Waals surface area (Å²) >= 11 is 0. The Morgan fingerprint density at radius 1 is 1.32 bits per heavy atom. The van der Waals surface area contributed by atoms with Gasteiger partial charge in [-0.1, -0.05) is 24.3 Å². The maximum absolute atomic E-state index is 12.7. The molecule has 2 N–H and O–H groups in total. The van der Waals surface area contributed by atoms with E-state index in [1.54, 1.807) is 0 Å². The minimum atomic E-state index is -0.691. The highest BCUT2D eigenvalue weighted by molar-refractivity contribution is 5.76. The first-order valence-corrected chi connectivity index (χ1v) is 9.43. The van der Waals surface area contributed by atoms with Crippen LogP contribution in [-0.2, 0) is 6.42 Å². The van der Waals surface area contributed by atoms with Gasteiger partial charge < -0.3 is 15.3 Å². The highest BCUT2D eigenvalue weighted by atomic mass is 16.3. The number of amides is 2. The van der Waals surface area contributed by atoms with Gasteiger partial charge in [-0.2, -0.15) is 0 Å². The molecule has 3 aliphatic rings. The van der Waals surface area contributed by atoms with Gasteiger partial charge in [-0.3, -0.25) is 4.90 Å². The molecule has 2 amide bonds. The van der Waals surface area contributed by atoms with Crippen LogP contribution in [0.3, 0.4) is 0 Å². The van der Waals surface area contributed by atoms with Crippen LogP contribution in [0.25, 0.3) is 0 Å². The van der Waals surface area contributed by atoms with Crippen molar-refractivity contribution in [2.75, 3.05) is 26.2 Å². The maximum Gasteiger partial charge on any atom is 0.317 e. The number of urea groups is 1. The van der Waals surface area contributed by atoms with Crippen LogP contribution >= 0.6 is 0 Å². The summed E-state index contributed by atoms with van der Waals surface area (Å²) in [6.45, 7) is 8.78. The van der Waals surface area contributed by atoms with Gasteiger partial charge in [-0.05, 0) is 44.2 Å². The van der Waals surface area contributed by atoms with Crippen molar-refractivity contribution in [1.82, 2.24) is 15.1 Å². The molecule has 0 aromatic heterocycles. The fraction of sp³-hybridized carbons (Fsp3) is 0.650. The Morgan fingerprint density at radius 2 is 2.08 bits per heavy atom.